The van der Waals surface area contributed by atoms with E-state index in [0.29, 0.717) is 44.2 Å². The number of benzene rings is 2. The number of nitrogens with zero attached hydrogens (tertiary/aromatic N) is 1. The maximum absolute atomic E-state index is 12.8. The van der Waals surface area contributed by atoms with Crippen LogP contribution in [0.15, 0.2) is 48.5 Å². The zero-order valence-corrected chi connectivity index (χ0v) is 16.9. The quantitative estimate of drug-likeness (QED) is 0.734. The normalized spacial score (nSPS) is 18.6. The molecule has 30 heavy (non-hydrogen) atoms. The van der Waals surface area contributed by atoms with Crippen LogP contribution in [0.5, 0.6) is 17.2 Å². The Morgan fingerprint density at radius 1 is 1.10 bits per heavy atom. The Labute approximate surface area is 175 Å². The van der Waals surface area contributed by atoms with Crippen LogP contribution in [0, 0.1) is 0 Å². The minimum Gasteiger partial charge on any atom is -0.497 e. The molecule has 2 aromatic carbocycles. The molecule has 2 aliphatic rings. The van der Waals surface area contributed by atoms with Crippen molar-refractivity contribution in [2.75, 3.05) is 51.8 Å². The lowest BCUT2D eigenvalue weighted by molar-refractivity contribution is -0.895. The van der Waals surface area contributed by atoms with E-state index in [1.165, 1.54) is 0 Å². The summed E-state index contributed by atoms with van der Waals surface area (Å²) in [5.74, 6) is 1.90. The van der Waals surface area contributed by atoms with Gasteiger partial charge in [-0.25, -0.2) is 0 Å². The second kappa shape index (κ2) is 9.04. The number of carbonyl (C=O) groups excluding carboxylic acids is 2. The summed E-state index contributed by atoms with van der Waals surface area (Å²) in [4.78, 5) is 28.1. The van der Waals surface area contributed by atoms with Crippen LogP contribution < -0.4 is 24.4 Å². The van der Waals surface area contributed by atoms with Gasteiger partial charge in [-0.1, -0.05) is 12.1 Å². The van der Waals surface area contributed by atoms with E-state index in [2.05, 4.69) is 5.32 Å². The summed E-state index contributed by atoms with van der Waals surface area (Å²) in [6.45, 7) is 3.19. The molecular formula is C22H26N3O5+. The van der Waals surface area contributed by atoms with Crippen LogP contribution in [0.4, 0.5) is 5.69 Å². The van der Waals surface area contributed by atoms with Crippen molar-refractivity contribution in [2.24, 2.45) is 0 Å². The van der Waals surface area contributed by atoms with E-state index in [1.807, 2.05) is 42.5 Å². The van der Waals surface area contributed by atoms with Crippen molar-refractivity contribution in [1.29, 1.82) is 0 Å². The van der Waals surface area contributed by atoms with E-state index < -0.39 is 6.10 Å². The van der Waals surface area contributed by atoms with E-state index in [1.54, 1.807) is 18.1 Å². The van der Waals surface area contributed by atoms with Gasteiger partial charge in [-0.05, 0) is 36.4 Å². The maximum atomic E-state index is 12.8. The van der Waals surface area contributed by atoms with E-state index in [-0.39, 0.29) is 18.4 Å². The lowest BCUT2D eigenvalue weighted by Crippen LogP contribution is -3.15. The van der Waals surface area contributed by atoms with Crippen molar-refractivity contribution < 1.29 is 28.7 Å². The van der Waals surface area contributed by atoms with E-state index in [4.69, 9.17) is 14.2 Å². The van der Waals surface area contributed by atoms with Crippen molar-refractivity contribution in [2.45, 2.75) is 6.10 Å². The second-order valence-corrected chi connectivity index (χ2v) is 7.39. The van der Waals surface area contributed by atoms with E-state index in [0.717, 1.165) is 16.3 Å². The number of nitrogens with one attached hydrogen (secondary N) is 2. The largest absolute Gasteiger partial charge is 0.497 e. The summed E-state index contributed by atoms with van der Waals surface area (Å²) >= 11 is 0. The predicted octanol–water partition coefficient (Wildman–Crippen LogP) is 0.201. The van der Waals surface area contributed by atoms with Crippen molar-refractivity contribution >= 4 is 17.5 Å². The molecule has 0 bridgehead atoms. The molecule has 2 aliphatic heterocycles. The number of fused-ring (bicyclic) bond motifs is 1. The molecule has 0 unspecified atom stereocenters. The van der Waals surface area contributed by atoms with Gasteiger partial charge in [-0.2, -0.15) is 0 Å². The molecule has 0 saturated carbocycles. The molecule has 4 rings (SSSR count). The standard InChI is InChI=1S/C22H25N3O5/c1-28-17-8-6-16(7-9-17)23-21(26)14-24-10-12-25(13-11-24)22(27)20-15-29-18-4-2-3-5-19(18)30-20/h2-9,20H,10-15H2,1H3,(H,23,26)/p+1/t20-/m0/s1. The van der Waals surface area contributed by atoms with Crippen LogP contribution >= 0.6 is 0 Å². The van der Waals surface area contributed by atoms with Crippen LogP contribution in [0.3, 0.4) is 0 Å². The minimum atomic E-state index is -0.625. The van der Waals surface area contributed by atoms with Gasteiger partial charge in [0, 0.05) is 5.69 Å². The first-order valence-electron chi connectivity index (χ1n) is 10.1. The molecule has 0 spiro atoms. The molecule has 2 heterocycles. The van der Waals surface area contributed by atoms with Gasteiger partial charge < -0.3 is 29.3 Å². The maximum Gasteiger partial charge on any atom is 0.279 e. The van der Waals surface area contributed by atoms with Gasteiger partial charge in [0.2, 0.25) is 6.10 Å². The molecule has 0 aliphatic carbocycles. The van der Waals surface area contributed by atoms with Gasteiger partial charge >= 0.3 is 0 Å². The molecule has 2 N–H and O–H groups in total. The molecule has 1 saturated heterocycles. The van der Waals surface area contributed by atoms with Crippen molar-refractivity contribution in [1.82, 2.24) is 4.90 Å². The Bertz CT molecular complexity index is 894. The Kier molecular flexibility index (Phi) is 6.04. The highest BCUT2D eigenvalue weighted by Crippen LogP contribution is 2.31. The lowest BCUT2D eigenvalue weighted by Gasteiger charge is -2.35. The zero-order valence-electron chi connectivity index (χ0n) is 16.9. The SMILES string of the molecule is COc1ccc(NC(=O)C[NH+]2CCN(C(=O)[C@@H]3COc4ccccc4O3)CC2)cc1. The second-order valence-electron chi connectivity index (χ2n) is 7.39. The van der Waals surface area contributed by atoms with Crippen LogP contribution in [0.2, 0.25) is 0 Å². The summed E-state index contributed by atoms with van der Waals surface area (Å²) in [6, 6.07) is 14.6. The Morgan fingerprint density at radius 2 is 1.80 bits per heavy atom. The summed E-state index contributed by atoms with van der Waals surface area (Å²) < 4.78 is 16.6. The minimum absolute atomic E-state index is 0.0458. The number of ether oxygens (including phenoxy) is 3. The third-order valence-electron chi connectivity index (χ3n) is 5.35. The van der Waals surface area contributed by atoms with Crippen molar-refractivity contribution in [3.05, 3.63) is 48.5 Å². The average Bonchev–Trinajstić information content (AvgIpc) is 2.79. The first-order chi connectivity index (χ1) is 14.6. The smallest absolute Gasteiger partial charge is 0.279 e. The summed E-state index contributed by atoms with van der Waals surface area (Å²) in [5.41, 5.74) is 0.740. The van der Waals surface area contributed by atoms with Gasteiger partial charge in [0.15, 0.2) is 18.0 Å². The number of piperazine rings is 1. The molecule has 1 atom stereocenters. The topological polar surface area (TPSA) is 81.5 Å². The molecule has 8 heteroatoms. The highest BCUT2D eigenvalue weighted by Gasteiger charge is 2.34. The van der Waals surface area contributed by atoms with Gasteiger partial charge in [-0.15, -0.1) is 0 Å². The molecule has 158 valence electrons. The molecule has 8 nitrogen and oxygen atoms in total. The number of hydrogen-bond acceptors (Lipinski definition) is 5. The number of anilines is 1. The number of para-hydroxylation sites is 2. The fourth-order valence-corrected chi connectivity index (χ4v) is 3.67. The number of quaternary nitrogens is 1. The highest BCUT2D eigenvalue weighted by atomic mass is 16.6. The van der Waals surface area contributed by atoms with Crippen LogP contribution in [-0.2, 0) is 9.59 Å². The number of methoxy groups -OCH3 is 1. The van der Waals surface area contributed by atoms with Gasteiger partial charge in [0.25, 0.3) is 11.8 Å². The summed E-state index contributed by atoms with van der Waals surface area (Å²) in [5, 5.41) is 2.90. The third kappa shape index (κ3) is 4.65. The molecule has 2 amide bonds. The summed E-state index contributed by atoms with van der Waals surface area (Å²) in [7, 11) is 1.60. The molecule has 0 aromatic heterocycles. The molecule has 0 radical (unpaired) electrons. The van der Waals surface area contributed by atoms with Crippen LogP contribution in [0.1, 0.15) is 0 Å². The Balaban J connectivity index is 1.23. The first-order valence-corrected chi connectivity index (χ1v) is 10.1. The van der Waals surface area contributed by atoms with Crippen LogP contribution in [0.25, 0.3) is 0 Å². The van der Waals surface area contributed by atoms with E-state index in [9.17, 15) is 9.59 Å². The Morgan fingerprint density at radius 3 is 2.50 bits per heavy atom. The predicted molar refractivity (Wildman–Crippen MR) is 110 cm³/mol. The number of hydrogen-bond donors (Lipinski definition) is 2. The molecule has 1 fully saturated rings. The lowest BCUT2D eigenvalue weighted by atomic mass is 10.2. The van der Waals surface area contributed by atoms with E-state index >= 15 is 0 Å². The van der Waals surface area contributed by atoms with Gasteiger partial charge in [0.05, 0.1) is 33.3 Å². The zero-order chi connectivity index (χ0) is 20.9. The fraction of sp³-hybridized carbons (Fsp3) is 0.364. The number of carbonyl (C=O) groups is 2. The van der Waals surface area contributed by atoms with Crippen molar-refractivity contribution in [3.63, 3.8) is 0 Å². The fourth-order valence-electron chi connectivity index (χ4n) is 3.67. The molecule has 2 aromatic rings. The monoisotopic (exact) mass is 412 g/mol. The highest BCUT2D eigenvalue weighted by molar-refractivity contribution is 5.91. The van der Waals surface area contributed by atoms with Crippen LogP contribution in [-0.4, -0.2) is 69.3 Å². The average molecular weight is 412 g/mol. The molecular weight excluding hydrogens is 386 g/mol. The van der Waals surface area contributed by atoms with Gasteiger partial charge in [-0.3, -0.25) is 9.59 Å². The first kappa shape index (κ1) is 20.0. The summed E-state index contributed by atoms with van der Waals surface area (Å²) in [6.07, 6.45) is -0.625. The third-order valence-corrected chi connectivity index (χ3v) is 5.35. The van der Waals surface area contributed by atoms with Gasteiger partial charge in [0.1, 0.15) is 12.4 Å². The Hall–Kier alpha value is -3.26. The van der Waals surface area contributed by atoms with Crippen molar-refractivity contribution in [3.8, 4) is 17.2 Å². The number of amides is 2. The number of rotatable bonds is 5.